The van der Waals surface area contributed by atoms with E-state index >= 15 is 0 Å². The fraction of sp³-hybridized carbons (Fsp3) is 0.304. The van der Waals surface area contributed by atoms with Gasteiger partial charge < -0.3 is 11.1 Å². The van der Waals surface area contributed by atoms with Crippen LogP contribution in [-0.4, -0.2) is 32.1 Å². The molecule has 1 amide bonds. The number of nitrogens with one attached hydrogen (secondary N) is 2. The lowest BCUT2D eigenvalue weighted by Crippen LogP contribution is -2.56. The van der Waals surface area contributed by atoms with Gasteiger partial charge in [-0.1, -0.05) is 26.0 Å². The smallest absolute Gasteiger partial charge is 0.248 e. The van der Waals surface area contributed by atoms with Gasteiger partial charge >= 0.3 is 0 Å². The van der Waals surface area contributed by atoms with Crippen LogP contribution in [-0.2, 0) is 32.4 Å². The molecule has 9 heteroatoms. The Morgan fingerprint density at radius 3 is 2.62 bits per heavy atom. The number of benzene rings is 1. The molecule has 0 saturated carbocycles. The van der Waals surface area contributed by atoms with Crippen LogP contribution < -0.4 is 20.7 Å². The molecule has 2 aliphatic rings. The number of anilines is 1. The lowest BCUT2D eigenvalue weighted by atomic mass is 9.83. The quantitative estimate of drug-likeness (QED) is 0.612. The molecular formula is C23H27N5O3S. The minimum atomic E-state index is -3.47. The van der Waals surface area contributed by atoms with E-state index in [4.69, 9.17) is 5.73 Å². The van der Waals surface area contributed by atoms with Gasteiger partial charge in [-0.2, -0.15) is 0 Å². The summed E-state index contributed by atoms with van der Waals surface area (Å²) in [5.41, 5.74) is 7.83. The van der Waals surface area contributed by atoms with Crippen molar-refractivity contribution < 1.29 is 13.2 Å². The van der Waals surface area contributed by atoms with Gasteiger partial charge in [0.05, 0.1) is 17.5 Å². The molecule has 1 aromatic heterocycles. The third-order valence-electron chi connectivity index (χ3n) is 6.00. The largest absolute Gasteiger partial charge is 0.366 e. The van der Waals surface area contributed by atoms with Crippen molar-refractivity contribution in [3.05, 3.63) is 83.3 Å². The Hall–Kier alpha value is -3.17. The zero-order chi connectivity index (χ0) is 23.1. The van der Waals surface area contributed by atoms with E-state index in [2.05, 4.69) is 15.6 Å². The summed E-state index contributed by atoms with van der Waals surface area (Å²) in [7, 11) is -3.47. The number of nitrogens with zero attached hydrogens (tertiary/aromatic N) is 2. The number of allylic oxidation sites excluding steroid dienone is 2. The van der Waals surface area contributed by atoms with Crippen molar-refractivity contribution in [2.75, 3.05) is 17.1 Å². The van der Waals surface area contributed by atoms with Crippen molar-refractivity contribution in [1.82, 2.24) is 15.6 Å². The van der Waals surface area contributed by atoms with Crippen LogP contribution in [0.5, 0.6) is 0 Å². The maximum absolute atomic E-state index is 12.5. The highest BCUT2D eigenvalue weighted by Crippen LogP contribution is 2.44. The van der Waals surface area contributed by atoms with Crippen molar-refractivity contribution in [3.63, 3.8) is 0 Å². The summed E-state index contributed by atoms with van der Waals surface area (Å²) in [6, 6.07) is 9.43. The molecule has 2 aromatic rings. The predicted molar refractivity (Wildman–Crippen MR) is 124 cm³/mol. The number of hydrogen-bond acceptors (Lipinski definition) is 6. The van der Waals surface area contributed by atoms with Gasteiger partial charge in [-0.3, -0.25) is 19.4 Å². The Morgan fingerprint density at radius 1 is 1.25 bits per heavy atom. The molecule has 1 atom stereocenters. The molecule has 168 valence electrons. The molecule has 4 rings (SSSR count). The molecular weight excluding hydrogens is 426 g/mol. The number of rotatable bonds is 6. The molecule has 1 unspecified atom stereocenters. The second kappa shape index (κ2) is 7.75. The van der Waals surface area contributed by atoms with Crippen molar-refractivity contribution >= 4 is 21.6 Å². The summed E-state index contributed by atoms with van der Waals surface area (Å²) in [5.74, 6) is -0.579. The molecule has 3 heterocycles. The Balaban J connectivity index is 1.85. The maximum Gasteiger partial charge on any atom is 0.248 e. The van der Waals surface area contributed by atoms with Crippen LogP contribution in [0, 0.1) is 0 Å². The highest BCUT2D eigenvalue weighted by molar-refractivity contribution is 7.92. The van der Waals surface area contributed by atoms with E-state index < -0.39 is 21.6 Å². The van der Waals surface area contributed by atoms with Crippen LogP contribution in [0.2, 0.25) is 0 Å². The molecule has 4 N–H and O–H groups in total. The number of pyridine rings is 1. The average Bonchev–Trinajstić information content (AvgIpc) is 3.04. The first kappa shape index (κ1) is 22.0. The van der Waals surface area contributed by atoms with E-state index in [1.807, 2.05) is 44.2 Å². The molecule has 0 radical (unpaired) electrons. The Morgan fingerprint density at radius 2 is 1.97 bits per heavy atom. The first-order chi connectivity index (χ1) is 15.0. The van der Waals surface area contributed by atoms with Crippen LogP contribution in [0.15, 0.2) is 66.7 Å². The molecule has 0 aliphatic carbocycles. The van der Waals surface area contributed by atoms with Gasteiger partial charge in [0.25, 0.3) is 0 Å². The number of primary amides is 1. The molecule has 0 bridgehead atoms. The molecule has 0 saturated heterocycles. The first-order valence-corrected chi connectivity index (χ1v) is 12.1. The summed E-state index contributed by atoms with van der Waals surface area (Å²) >= 11 is 0. The number of hydrogen-bond donors (Lipinski definition) is 3. The number of sulfonamides is 1. The van der Waals surface area contributed by atoms with Crippen molar-refractivity contribution in [1.29, 1.82) is 0 Å². The summed E-state index contributed by atoms with van der Waals surface area (Å²) in [5, 5.41) is 6.71. The third-order valence-corrected chi connectivity index (χ3v) is 7.13. The summed E-state index contributed by atoms with van der Waals surface area (Å²) in [6.45, 7) is 4.81. The van der Waals surface area contributed by atoms with E-state index in [0.717, 1.165) is 11.1 Å². The third kappa shape index (κ3) is 3.78. The number of aromatic nitrogens is 1. The molecule has 2 aliphatic heterocycles. The molecule has 0 fully saturated rings. The van der Waals surface area contributed by atoms with Crippen molar-refractivity contribution in [2.24, 2.45) is 5.73 Å². The SMILES string of the molecule is CC1(C)CN(S(C)(=O)=O)c2cc(C3(NCc4ccncc4)NC=CC=C3C(N)=O)ccc21. The second-order valence-corrected chi connectivity index (χ2v) is 10.7. The highest BCUT2D eigenvalue weighted by Gasteiger charge is 2.43. The normalized spacial score (nSPS) is 21.6. The van der Waals surface area contributed by atoms with Crippen molar-refractivity contribution in [3.8, 4) is 0 Å². The molecule has 32 heavy (non-hydrogen) atoms. The van der Waals surface area contributed by atoms with Gasteiger partial charge in [0.2, 0.25) is 15.9 Å². The van der Waals surface area contributed by atoms with E-state index in [9.17, 15) is 13.2 Å². The first-order valence-electron chi connectivity index (χ1n) is 10.3. The van der Waals surface area contributed by atoms with Gasteiger partial charge in [-0.15, -0.1) is 0 Å². The Bertz CT molecular complexity index is 1220. The Labute approximate surface area is 188 Å². The van der Waals surface area contributed by atoms with Gasteiger partial charge in [0, 0.05) is 30.9 Å². The average molecular weight is 454 g/mol. The highest BCUT2D eigenvalue weighted by atomic mass is 32.2. The number of amides is 1. The summed E-state index contributed by atoms with van der Waals surface area (Å²) < 4.78 is 26.5. The molecule has 0 spiro atoms. The van der Waals surface area contributed by atoms with Crippen LogP contribution in [0.1, 0.15) is 30.5 Å². The van der Waals surface area contributed by atoms with Gasteiger partial charge in [-0.25, -0.2) is 8.42 Å². The molecule has 8 nitrogen and oxygen atoms in total. The number of carbonyl (C=O) groups is 1. The zero-order valence-electron chi connectivity index (χ0n) is 18.3. The zero-order valence-corrected chi connectivity index (χ0v) is 19.1. The topological polar surface area (TPSA) is 117 Å². The van der Waals surface area contributed by atoms with E-state index in [1.165, 1.54) is 10.6 Å². The fourth-order valence-corrected chi connectivity index (χ4v) is 5.44. The fourth-order valence-electron chi connectivity index (χ4n) is 4.38. The van der Waals surface area contributed by atoms with Gasteiger partial charge in [-0.05, 0) is 53.2 Å². The van der Waals surface area contributed by atoms with Crippen LogP contribution in [0.3, 0.4) is 0 Å². The standard InChI is InChI=1S/C23H27N5O3S/c1-22(2)15-28(32(3,30)31)20-13-17(6-7-18(20)22)23(19(21(24)29)5-4-10-26-23)27-14-16-8-11-25-12-9-16/h4-13,26-27H,14-15H2,1-3H3,(H2,24,29). The van der Waals surface area contributed by atoms with Crippen LogP contribution >= 0.6 is 0 Å². The number of dihydropyridines is 1. The number of nitrogens with two attached hydrogens (primary N) is 1. The summed E-state index contributed by atoms with van der Waals surface area (Å²) in [4.78, 5) is 16.5. The monoisotopic (exact) mass is 453 g/mol. The van der Waals surface area contributed by atoms with E-state index in [0.29, 0.717) is 29.9 Å². The van der Waals surface area contributed by atoms with Gasteiger partial charge in [0.1, 0.15) is 5.66 Å². The molecule has 1 aromatic carbocycles. The minimum absolute atomic E-state index is 0.331. The second-order valence-electron chi connectivity index (χ2n) is 8.79. The Kier molecular flexibility index (Phi) is 5.34. The minimum Gasteiger partial charge on any atom is -0.366 e. The lowest BCUT2D eigenvalue weighted by Gasteiger charge is -2.39. The number of fused-ring (bicyclic) bond motifs is 1. The predicted octanol–water partition coefficient (Wildman–Crippen LogP) is 1.61. The van der Waals surface area contributed by atoms with Crippen molar-refractivity contribution in [2.45, 2.75) is 31.5 Å². The lowest BCUT2D eigenvalue weighted by molar-refractivity contribution is -0.115. The van der Waals surface area contributed by atoms with Crippen LogP contribution in [0.4, 0.5) is 5.69 Å². The number of carbonyl (C=O) groups excluding carboxylic acids is 1. The van der Waals surface area contributed by atoms with Gasteiger partial charge in [0.15, 0.2) is 0 Å². The maximum atomic E-state index is 12.5. The van der Waals surface area contributed by atoms with E-state index in [1.54, 1.807) is 30.7 Å². The van der Waals surface area contributed by atoms with Crippen LogP contribution in [0.25, 0.3) is 0 Å². The van der Waals surface area contributed by atoms with E-state index in [-0.39, 0.29) is 5.41 Å². The summed E-state index contributed by atoms with van der Waals surface area (Å²) in [6.07, 6.45) is 9.72.